The molecule has 0 unspecified atom stereocenters. The van der Waals surface area contributed by atoms with Crippen LogP contribution in [-0.4, -0.2) is 0 Å². The first-order valence-electron chi connectivity index (χ1n) is 3.61. The quantitative estimate of drug-likeness (QED) is 0.525. The molecule has 56 valence electrons. The van der Waals surface area contributed by atoms with E-state index in [1.165, 1.54) is 15.8 Å². The number of rotatable bonds is 0. The minimum absolute atomic E-state index is 1.34. The van der Waals surface area contributed by atoms with Crippen LogP contribution in [0.3, 0.4) is 0 Å². The molecule has 2 aromatic rings. The SMILES string of the molecule is Cc1c2ccsc2cc[n+]1C. The summed E-state index contributed by atoms with van der Waals surface area (Å²) in [7, 11) is 2.08. The Balaban J connectivity index is 2.93. The number of aromatic nitrogens is 1. The number of pyridine rings is 1. The molecule has 0 N–H and O–H groups in total. The molecule has 0 amide bonds. The molecule has 1 nitrogen and oxygen atoms in total. The fraction of sp³-hybridized carbons (Fsp3) is 0.222. The highest BCUT2D eigenvalue weighted by Gasteiger charge is 2.05. The Kier molecular flexibility index (Phi) is 1.43. The molecule has 0 aliphatic carbocycles. The molecule has 0 atom stereocenters. The number of aryl methyl sites for hydroxylation is 2. The van der Waals surface area contributed by atoms with Gasteiger partial charge in [0.1, 0.15) is 7.05 Å². The van der Waals surface area contributed by atoms with Crippen molar-refractivity contribution in [2.75, 3.05) is 0 Å². The van der Waals surface area contributed by atoms with Gasteiger partial charge in [0.25, 0.3) is 0 Å². The van der Waals surface area contributed by atoms with Crippen molar-refractivity contribution in [3.63, 3.8) is 0 Å². The van der Waals surface area contributed by atoms with Gasteiger partial charge in [-0.2, -0.15) is 0 Å². The highest BCUT2D eigenvalue weighted by molar-refractivity contribution is 7.17. The van der Waals surface area contributed by atoms with Crippen LogP contribution >= 0.6 is 11.3 Å². The molecular weight excluding hydrogens is 154 g/mol. The normalized spacial score (nSPS) is 10.7. The smallest absolute Gasteiger partial charge is 0.186 e. The third-order valence-electron chi connectivity index (χ3n) is 2.06. The Bertz CT molecular complexity index is 389. The van der Waals surface area contributed by atoms with E-state index in [4.69, 9.17) is 0 Å². The number of hydrogen-bond acceptors (Lipinski definition) is 1. The average molecular weight is 164 g/mol. The van der Waals surface area contributed by atoms with Gasteiger partial charge in [-0.25, -0.2) is 4.57 Å². The van der Waals surface area contributed by atoms with E-state index in [2.05, 4.69) is 42.2 Å². The average Bonchev–Trinajstić information content (AvgIpc) is 2.45. The molecule has 2 heteroatoms. The summed E-state index contributed by atoms with van der Waals surface area (Å²) in [4.78, 5) is 0. The Labute approximate surface area is 69.9 Å². The number of thiophene rings is 1. The summed E-state index contributed by atoms with van der Waals surface area (Å²) in [6.45, 7) is 2.15. The zero-order valence-electron chi connectivity index (χ0n) is 6.66. The summed E-state index contributed by atoms with van der Waals surface area (Å²) >= 11 is 1.80. The van der Waals surface area contributed by atoms with Crippen LogP contribution in [0.4, 0.5) is 0 Å². The second kappa shape index (κ2) is 2.31. The summed E-state index contributed by atoms with van der Waals surface area (Å²) in [5, 5.41) is 3.51. The van der Waals surface area contributed by atoms with Crippen molar-refractivity contribution in [2.24, 2.45) is 7.05 Å². The van der Waals surface area contributed by atoms with Crippen LogP contribution in [0.2, 0.25) is 0 Å². The predicted molar refractivity (Wildman–Crippen MR) is 47.7 cm³/mol. The lowest BCUT2D eigenvalue weighted by atomic mass is 10.2. The summed E-state index contributed by atoms with van der Waals surface area (Å²) < 4.78 is 3.52. The molecule has 0 aliphatic rings. The van der Waals surface area contributed by atoms with Gasteiger partial charge in [-0.15, -0.1) is 11.3 Å². The Morgan fingerprint density at radius 1 is 1.36 bits per heavy atom. The van der Waals surface area contributed by atoms with Crippen molar-refractivity contribution >= 4 is 21.4 Å². The van der Waals surface area contributed by atoms with Crippen LogP contribution in [0.1, 0.15) is 5.69 Å². The van der Waals surface area contributed by atoms with E-state index in [1.807, 2.05) is 0 Å². The van der Waals surface area contributed by atoms with E-state index >= 15 is 0 Å². The van der Waals surface area contributed by atoms with Crippen LogP contribution in [0, 0.1) is 6.92 Å². The second-order valence-corrected chi connectivity index (χ2v) is 3.66. The maximum absolute atomic E-state index is 2.18. The van der Waals surface area contributed by atoms with Gasteiger partial charge in [0, 0.05) is 17.7 Å². The largest absolute Gasteiger partial charge is 0.205 e. The lowest BCUT2D eigenvalue weighted by Crippen LogP contribution is -2.30. The summed E-state index contributed by atoms with van der Waals surface area (Å²) in [6.07, 6.45) is 2.11. The topological polar surface area (TPSA) is 3.88 Å². The molecule has 2 heterocycles. The molecule has 11 heavy (non-hydrogen) atoms. The molecule has 0 radical (unpaired) electrons. The molecule has 2 aromatic heterocycles. The second-order valence-electron chi connectivity index (χ2n) is 2.71. The van der Waals surface area contributed by atoms with Gasteiger partial charge < -0.3 is 0 Å². The first-order valence-corrected chi connectivity index (χ1v) is 4.49. The van der Waals surface area contributed by atoms with Gasteiger partial charge in [0.2, 0.25) is 0 Å². The molecule has 0 saturated carbocycles. The van der Waals surface area contributed by atoms with Gasteiger partial charge in [-0.1, -0.05) is 0 Å². The molecule has 2 rings (SSSR count). The molecule has 0 spiro atoms. The standard InChI is InChI=1S/C9H10NS/c1-7-8-4-6-11-9(8)3-5-10(7)2/h3-6H,1-2H3/q+1. The van der Waals surface area contributed by atoms with Crippen molar-refractivity contribution in [1.29, 1.82) is 0 Å². The van der Waals surface area contributed by atoms with Crippen LogP contribution in [0.25, 0.3) is 10.1 Å². The van der Waals surface area contributed by atoms with Gasteiger partial charge in [0.15, 0.2) is 11.9 Å². The van der Waals surface area contributed by atoms with Crippen molar-refractivity contribution in [3.8, 4) is 0 Å². The Morgan fingerprint density at radius 3 is 3.00 bits per heavy atom. The van der Waals surface area contributed by atoms with Crippen LogP contribution < -0.4 is 4.57 Å². The third kappa shape index (κ3) is 0.942. The Morgan fingerprint density at radius 2 is 2.18 bits per heavy atom. The number of nitrogens with zero attached hydrogens (tertiary/aromatic N) is 1. The summed E-state index contributed by atoms with van der Waals surface area (Å²) in [6, 6.07) is 4.34. The fourth-order valence-electron chi connectivity index (χ4n) is 1.23. The van der Waals surface area contributed by atoms with Gasteiger partial charge in [0.05, 0.1) is 5.39 Å². The predicted octanol–water partition coefficient (Wildman–Crippen LogP) is 2.03. The van der Waals surface area contributed by atoms with E-state index in [9.17, 15) is 0 Å². The molecule has 0 bridgehead atoms. The molecule has 0 aliphatic heterocycles. The van der Waals surface area contributed by atoms with Crippen LogP contribution in [0.15, 0.2) is 23.7 Å². The number of hydrogen-bond donors (Lipinski definition) is 0. The maximum Gasteiger partial charge on any atom is 0.186 e. The van der Waals surface area contributed by atoms with Crippen molar-refractivity contribution in [1.82, 2.24) is 0 Å². The van der Waals surface area contributed by atoms with E-state index in [-0.39, 0.29) is 0 Å². The first kappa shape index (κ1) is 6.80. The fourth-order valence-corrected chi connectivity index (χ4v) is 2.06. The van der Waals surface area contributed by atoms with E-state index in [0.29, 0.717) is 0 Å². The van der Waals surface area contributed by atoms with E-state index in [1.54, 1.807) is 11.3 Å². The first-order chi connectivity index (χ1) is 5.29. The molecular formula is C9H10NS+. The van der Waals surface area contributed by atoms with Crippen molar-refractivity contribution in [3.05, 3.63) is 29.4 Å². The monoisotopic (exact) mass is 164 g/mol. The summed E-state index contributed by atoms with van der Waals surface area (Å²) in [5.41, 5.74) is 1.34. The van der Waals surface area contributed by atoms with E-state index in [0.717, 1.165) is 0 Å². The van der Waals surface area contributed by atoms with Crippen molar-refractivity contribution < 1.29 is 4.57 Å². The highest BCUT2D eigenvalue weighted by Crippen LogP contribution is 2.20. The minimum atomic E-state index is 1.34. The lowest BCUT2D eigenvalue weighted by molar-refractivity contribution is -0.676. The van der Waals surface area contributed by atoms with Gasteiger partial charge in [-0.3, -0.25) is 0 Å². The third-order valence-corrected chi connectivity index (χ3v) is 2.95. The van der Waals surface area contributed by atoms with Crippen molar-refractivity contribution in [2.45, 2.75) is 6.92 Å². The van der Waals surface area contributed by atoms with Crippen LogP contribution in [0.5, 0.6) is 0 Å². The molecule has 0 aromatic carbocycles. The molecule has 0 fully saturated rings. The zero-order valence-corrected chi connectivity index (χ0v) is 7.48. The Hall–Kier alpha value is -0.890. The van der Waals surface area contributed by atoms with Gasteiger partial charge in [-0.05, 0) is 11.4 Å². The zero-order chi connectivity index (χ0) is 7.84. The van der Waals surface area contributed by atoms with Crippen LogP contribution in [-0.2, 0) is 7.05 Å². The highest BCUT2D eigenvalue weighted by atomic mass is 32.1. The number of fused-ring (bicyclic) bond motifs is 1. The molecule has 0 saturated heterocycles. The lowest BCUT2D eigenvalue weighted by Gasteiger charge is -1.93. The maximum atomic E-state index is 2.18. The minimum Gasteiger partial charge on any atom is -0.205 e. The summed E-state index contributed by atoms with van der Waals surface area (Å²) in [5.74, 6) is 0. The van der Waals surface area contributed by atoms with Gasteiger partial charge >= 0.3 is 0 Å². The van der Waals surface area contributed by atoms with E-state index < -0.39 is 0 Å².